The van der Waals surface area contributed by atoms with E-state index in [1.807, 2.05) is 55.5 Å². The molecule has 4 aliphatic rings. The Morgan fingerprint density at radius 2 is 1.88 bits per heavy atom. The molecule has 0 unspecified atom stereocenters. The topological polar surface area (TPSA) is 90.4 Å². The van der Waals surface area contributed by atoms with Crippen LogP contribution in [0.2, 0.25) is 18.6 Å². The first kappa shape index (κ1) is 29.0. The van der Waals surface area contributed by atoms with Crippen molar-refractivity contribution in [3.8, 4) is 0 Å². The van der Waals surface area contributed by atoms with Gasteiger partial charge < -0.3 is 28.7 Å². The average molecular weight is 594 g/mol. The van der Waals surface area contributed by atoms with Gasteiger partial charge in [0.15, 0.2) is 5.60 Å². The number of hydrogen-bond acceptors (Lipinski definition) is 5. The first-order valence-electron chi connectivity index (χ1n) is 15.1. The highest BCUT2D eigenvalue weighted by Gasteiger charge is 2.67. The Hall–Kier alpha value is -3.08. The monoisotopic (exact) mass is 593 g/mol. The molecule has 5 atom stereocenters. The summed E-state index contributed by atoms with van der Waals surface area (Å²) in [6.07, 6.45) is 1.97. The van der Waals surface area contributed by atoms with Crippen LogP contribution < -0.4 is 9.80 Å². The molecule has 0 bridgehead atoms. The second-order valence-corrected chi connectivity index (χ2v) is 16.6. The van der Waals surface area contributed by atoms with Gasteiger partial charge in [-0.2, -0.15) is 0 Å². The SMILES string of the molecule is C[C@H]1[C@H]([Si](C)(C)F)[C@@H](CC(=O)N2CCC[C@H]2CO)O[C@]12C(=O)N(Cc1ccccc1)c1ccc(N3CCCC3=O)cc12. The highest BCUT2D eigenvalue weighted by Crippen LogP contribution is 2.61. The molecule has 3 amide bonds. The average Bonchev–Trinajstić information content (AvgIpc) is 3.72. The van der Waals surface area contributed by atoms with Crippen molar-refractivity contribution in [1.29, 1.82) is 0 Å². The molecule has 6 rings (SSSR count). The largest absolute Gasteiger partial charge is 0.394 e. The van der Waals surface area contributed by atoms with Crippen LogP contribution in [0.25, 0.3) is 0 Å². The minimum atomic E-state index is -3.45. The van der Waals surface area contributed by atoms with Gasteiger partial charge in [0.05, 0.1) is 37.4 Å². The molecule has 4 heterocycles. The lowest BCUT2D eigenvalue weighted by Gasteiger charge is -2.31. The Balaban J connectivity index is 1.43. The fourth-order valence-corrected chi connectivity index (χ4v) is 10.4. The molecular formula is C32H40FN3O5Si. The number of nitrogens with zero attached hydrogens (tertiary/aromatic N) is 3. The van der Waals surface area contributed by atoms with Crippen molar-refractivity contribution in [2.24, 2.45) is 5.92 Å². The van der Waals surface area contributed by atoms with Crippen molar-refractivity contribution >= 4 is 37.5 Å². The highest BCUT2D eigenvalue weighted by molar-refractivity contribution is 6.72. The predicted molar refractivity (Wildman–Crippen MR) is 160 cm³/mol. The molecule has 2 aromatic rings. The maximum absolute atomic E-state index is 16.2. The second kappa shape index (κ2) is 10.9. The van der Waals surface area contributed by atoms with Crippen LogP contribution in [0.4, 0.5) is 15.5 Å². The summed E-state index contributed by atoms with van der Waals surface area (Å²) in [7, 11) is -3.45. The van der Waals surface area contributed by atoms with E-state index in [0.29, 0.717) is 43.0 Å². The van der Waals surface area contributed by atoms with Crippen LogP contribution in [-0.4, -0.2) is 68.0 Å². The van der Waals surface area contributed by atoms with Gasteiger partial charge in [-0.05, 0) is 56.1 Å². The first-order valence-corrected chi connectivity index (χ1v) is 18.1. The number of ether oxygens (including phenoxy) is 1. The third-order valence-electron chi connectivity index (χ3n) is 9.80. The van der Waals surface area contributed by atoms with E-state index in [4.69, 9.17) is 4.74 Å². The van der Waals surface area contributed by atoms with Crippen LogP contribution in [0, 0.1) is 5.92 Å². The zero-order valence-corrected chi connectivity index (χ0v) is 25.6. The fourth-order valence-electron chi connectivity index (χ4n) is 7.89. The van der Waals surface area contributed by atoms with Crippen LogP contribution in [0.5, 0.6) is 0 Å². The third kappa shape index (κ3) is 4.68. The summed E-state index contributed by atoms with van der Waals surface area (Å²) < 4.78 is 23.0. The Morgan fingerprint density at radius 1 is 1.12 bits per heavy atom. The molecule has 224 valence electrons. The Labute approximate surface area is 247 Å². The molecule has 0 radical (unpaired) electrons. The van der Waals surface area contributed by atoms with E-state index in [9.17, 15) is 19.5 Å². The molecule has 2 aromatic carbocycles. The first-order chi connectivity index (χ1) is 20.1. The van der Waals surface area contributed by atoms with Crippen LogP contribution in [0.1, 0.15) is 50.2 Å². The lowest BCUT2D eigenvalue weighted by atomic mass is 9.82. The maximum Gasteiger partial charge on any atom is 0.264 e. The number of fused-ring (bicyclic) bond motifs is 2. The van der Waals surface area contributed by atoms with Gasteiger partial charge >= 0.3 is 0 Å². The fraction of sp³-hybridized carbons (Fsp3) is 0.531. The van der Waals surface area contributed by atoms with Gasteiger partial charge in [0.2, 0.25) is 20.2 Å². The molecule has 1 spiro atoms. The molecule has 0 aliphatic carbocycles. The zero-order chi connectivity index (χ0) is 29.8. The summed E-state index contributed by atoms with van der Waals surface area (Å²) in [6, 6.07) is 15.1. The van der Waals surface area contributed by atoms with Gasteiger partial charge in [-0.3, -0.25) is 14.4 Å². The smallest absolute Gasteiger partial charge is 0.264 e. The van der Waals surface area contributed by atoms with E-state index in [0.717, 1.165) is 24.8 Å². The predicted octanol–water partition coefficient (Wildman–Crippen LogP) is 4.51. The van der Waals surface area contributed by atoms with Crippen molar-refractivity contribution < 1.29 is 28.3 Å². The van der Waals surface area contributed by atoms with Crippen molar-refractivity contribution in [2.75, 3.05) is 29.5 Å². The summed E-state index contributed by atoms with van der Waals surface area (Å²) in [5.41, 5.74) is 0.899. The quantitative estimate of drug-likeness (QED) is 0.377. The third-order valence-corrected chi connectivity index (χ3v) is 12.3. The van der Waals surface area contributed by atoms with E-state index < -0.39 is 31.6 Å². The minimum absolute atomic E-state index is 0.0394. The van der Waals surface area contributed by atoms with Crippen LogP contribution in [-0.2, 0) is 31.3 Å². The molecular weight excluding hydrogens is 553 g/mol. The Morgan fingerprint density at radius 3 is 2.55 bits per heavy atom. The number of aliphatic hydroxyl groups is 1. The molecule has 42 heavy (non-hydrogen) atoms. The molecule has 0 saturated carbocycles. The number of aliphatic hydroxyl groups excluding tert-OH is 1. The van der Waals surface area contributed by atoms with E-state index in [-0.39, 0.29) is 36.8 Å². The Bertz CT molecular complexity index is 1380. The molecule has 3 fully saturated rings. The van der Waals surface area contributed by atoms with E-state index in [1.165, 1.54) is 0 Å². The van der Waals surface area contributed by atoms with Crippen molar-refractivity contribution in [3.05, 3.63) is 59.7 Å². The number of benzene rings is 2. The lowest BCUT2D eigenvalue weighted by Crippen LogP contribution is -2.45. The number of carbonyl (C=O) groups is 3. The summed E-state index contributed by atoms with van der Waals surface area (Å²) in [5.74, 6) is -0.929. The number of anilines is 2. The van der Waals surface area contributed by atoms with E-state index in [1.54, 1.807) is 27.8 Å². The van der Waals surface area contributed by atoms with Gasteiger partial charge in [0.25, 0.3) is 5.91 Å². The highest BCUT2D eigenvalue weighted by atomic mass is 28.4. The van der Waals surface area contributed by atoms with Gasteiger partial charge in [-0.15, -0.1) is 0 Å². The molecule has 10 heteroatoms. The van der Waals surface area contributed by atoms with Crippen molar-refractivity contribution in [3.63, 3.8) is 0 Å². The minimum Gasteiger partial charge on any atom is -0.394 e. The number of halogens is 1. The van der Waals surface area contributed by atoms with Gasteiger partial charge in [-0.1, -0.05) is 37.3 Å². The Kier molecular flexibility index (Phi) is 7.51. The standard InChI is InChI=1S/C32H40FN3O5Si/c1-21-30(42(2,3)33)27(18-29(39)35-15-7-11-24(35)20-37)41-32(21)25-17-23(34-16-8-12-28(34)38)13-14-26(25)36(31(32)40)19-22-9-5-4-6-10-22/h4-6,9-10,13-14,17,21,24,27,30,37H,7-8,11-12,15-16,18-20H2,1-3H3/t21-,24-,27+,30-,32+/m0/s1. The summed E-state index contributed by atoms with van der Waals surface area (Å²) in [6.45, 7) is 6.51. The lowest BCUT2D eigenvalue weighted by molar-refractivity contribution is -0.150. The van der Waals surface area contributed by atoms with Crippen LogP contribution in [0.3, 0.4) is 0 Å². The van der Waals surface area contributed by atoms with Crippen LogP contribution in [0.15, 0.2) is 48.5 Å². The number of rotatable bonds is 7. The van der Waals surface area contributed by atoms with Crippen molar-refractivity contribution in [2.45, 2.75) is 82.0 Å². The number of amides is 3. The zero-order valence-electron chi connectivity index (χ0n) is 24.6. The van der Waals surface area contributed by atoms with Crippen LogP contribution >= 0.6 is 0 Å². The summed E-state index contributed by atoms with van der Waals surface area (Å²) >= 11 is 0. The molecule has 1 N–H and O–H groups in total. The van der Waals surface area contributed by atoms with E-state index in [2.05, 4.69) is 0 Å². The molecule has 3 saturated heterocycles. The maximum atomic E-state index is 16.2. The second-order valence-electron chi connectivity index (χ2n) is 12.8. The van der Waals surface area contributed by atoms with Crippen molar-refractivity contribution in [1.82, 2.24) is 4.90 Å². The molecule has 8 nitrogen and oxygen atoms in total. The van der Waals surface area contributed by atoms with Gasteiger partial charge in [0.1, 0.15) is 0 Å². The molecule has 4 aliphatic heterocycles. The van der Waals surface area contributed by atoms with Gasteiger partial charge in [0, 0.05) is 42.2 Å². The summed E-state index contributed by atoms with van der Waals surface area (Å²) in [5, 5.41) is 9.81. The number of likely N-dealkylation sites (tertiary alicyclic amines) is 1. The van der Waals surface area contributed by atoms with Gasteiger partial charge in [-0.25, -0.2) is 0 Å². The number of carbonyl (C=O) groups excluding carboxylic acids is 3. The molecule has 0 aromatic heterocycles. The number of hydrogen-bond donors (Lipinski definition) is 1. The normalized spacial score (nSPS) is 29.3. The summed E-state index contributed by atoms with van der Waals surface area (Å²) in [4.78, 5) is 46.0. The van der Waals surface area contributed by atoms with E-state index >= 15 is 4.11 Å².